The summed E-state index contributed by atoms with van der Waals surface area (Å²) in [5, 5.41) is 3.25. The number of sulfone groups is 1. The van der Waals surface area contributed by atoms with Gasteiger partial charge in [0.05, 0.1) is 22.9 Å². The lowest BCUT2D eigenvalue weighted by molar-refractivity contribution is 0.393. The molecule has 5 nitrogen and oxygen atoms in total. The van der Waals surface area contributed by atoms with Crippen LogP contribution in [0.1, 0.15) is 19.0 Å². The molecule has 1 aromatic heterocycles. The number of aromatic nitrogens is 1. The molecule has 6 heteroatoms. The Bertz CT molecular complexity index is 515. The van der Waals surface area contributed by atoms with Crippen LogP contribution in [-0.2, 0) is 16.4 Å². The van der Waals surface area contributed by atoms with E-state index in [9.17, 15) is 8.42 Å². The predicted octanol–water partition coefficient (Wildman–Crippen LogP) is 0.331. The van der Waals surface area contributed by atoms with Crippen molar-refractivity contribution in [3.05, 3.63) is 24.0 Å². The van der Waals surface area contributed by atoms with E-state index < -0.39 is 9.84 Å². The first-order valence-electron chi connectivity index (χ1n) is 5.55. The van der Waals surface area contributed by atoms with Crippen molar-refractivity contribution in [2.75, 3.05) is 17.2 Å². The molecule has 1 aliphatic heterocycles. The second kappa shape index (κ2) is 4.27. The second-order valence-corrected chi connectivity index (χ2v) is 6.98. The molecule has 17 heavy (non-hydrogen) atoms. The van der Waals surface area contributed by atoms with Crippen molar-refractivity contribution in [1.29, 1.82) is 0 Å². The van der Waals surface area contributed by atoms with Gasteiger partial charge in [0.1, 0.15) is 0 Å². The number of nitrogen functional groups attached to an aromatic ring is 1. The molecule has 0 aliphatic carbocycles. The van der Waals surface area contributed by atoms with Crippen LogP contribution in [0.25, 0.3) is 0 Å². The van der Waals surface area contributed by atoms with E-state index in [4.69, 9.17) is 5.73 Å². The lowest BCUT2D eigenvalue weighted by atomic mass is 10.0. The molecule has 0 aromatic carbocycles. The molecule has 1 aromatic rings. The molecular weight excluding hydrogens is 238 g/mol. The molecule has 0 bridgehead atoms. The van der Waals surface area contributed by atoms with Gasteiger partial charge in [0.15, 0.2) is 9.84 Å². The summed E-state index contributed by atoms with van der Waals surface area (Å²) in [7, 11) is -2.88. The van der Waals surface area contributed by atoms with Crippen LogP contribution >= 0.6 is 0 Å². The molecule has 1 unspecified atom stereocenters. The van der Waals surface area contributed by atoms with Crippen molar-refractivity contribution in [3.63, 3.8) is 0 Å². The number of nitrogens with two attached hydrogens (primary N) is 1. The van der Waals surface area contributed by atoms with Crippen molar-refractivity contribution in [3.8, 4) is 0 Å². The van der Waals surface area contributed by atoms with E-state index in [2.05, 4.69) is 10.3 Å². The molecule has 1 saturated heterocycles. The summed E-state index contributed by atoms with van der Waals surface area (Å²) < 4.78 is 22.9. The molecule has 1 aliphatic rings. The second-order valence-electron chi connectivity index (χ2n) is 4.80. The van der Waals surface area contributed by atoms with Crippen molar-refractivity contribution >= 4 is 15.5 Å². The maximum Gasteiger partial charge on any atom is 0.152 e. The SMILES string of the molecule is CC1(NCc2ncccc2N)CCS(=O)(=O)C1. The molecule has 2 heterocycles. The minimum absolute atomic E-state index is 0.187. The molecule has 94 valence electrons. The van der Waals surface area contributed by atoms with Gasteiger partial charge in [-0.05, 0) is 25.5 Å². The smallest absolute Gasteiger partial charge is 0.152 e. The van der Waals surface area contributed by atoms with Crippen molar-refractivity contribution < 1.29 is 8.42 Å². The summed E-state index contributed by atoms with van der Waals surface area (Å²) >= 11 is 0. The van der Waals surface area contributed by atoms with E-state index in [0.717, 1.165) is 5.69 Å². The molecule has 3 N–H and O–H groups in total. The minimum Gasteiger partial charge on any atom is -0.397 e. The van der Waals surface area contributed by atoms with Gasteiger partial charge in [-0.3, -0.25) is 4.98 Å². The van der Waals surface area contributed by atoms with Gasteiger partial charge in [-0.15, -0.1) is 0 Å². The average molecular weight is 255 g/mol. The zero-order chi connectivity index (χ0) is 12.5. The highest BCUT2D eigenvalue weighted by molar-refractivity contribution is 7.91. The van der Waals surface area contributed by atoms with Gasteiger partial charge in [-0.2, -0.15) is 0 Å². The third-order valence-corrected chi connectivity index (χ3v) is 5.01. The minimum atomic E-state index is -2.88. The maximum absolute atomic E-state index is 11.4. The number of hydrogen-bond donors (Lipinski definition) is 2. The van der Waals surface area contributed by atoms with Gasteiger partial charge in [-0.1, -0.05) is 0 Å². The summed E-state index contributed by atoms with van der Waals surface area (Å²) in [6.07, 6.45) is 2.32. The monoisotopic (exact) mass is 255 g/mol. The first-order chi connectivity index (χ1) is 7.90. The van der Waals surface area contributed by atoms with E-state index in [0.29, 0.717) is 18.7 Å². The highest BCUT2D eigenvalue weighted by Crippen LogP contribution is 2.23. The third-order valence-electron chi connectivity index (χ3n) is 3.11. The molecule has 0 radical (unpaired) electrons. The van der Waals surface area contributed by atoms with Crippen molar-refractivity contribution in [1.82, 2.24) is 10.3 Å². The number of pyridine rings is 1. The highest BCUT2D eigenvalue weighted by atomic mass is 32.2. The number of hydrogen-bond acceptors (Lipinski definition) is 5. The van der Waals surface area contributed by atoms with E-state index in [1.165, 1.54) is 0 Å². The molecule has 1 atom stereocenters. The van der Waals surface area contributed by atoms with Crippen LogP contribution in [0.15, 0.2) is 18.3 Å². The van der Waals surface area contributed by atoms with Gasteiger partial charge < -0.3 is 11.1 Å². The summed E-state index contributed by atoms with van der Waals surface area (Å²) in [5.74, 6) is 0.445. The van der Waals surface area contributed by atoms with Gasteiger partial charge in [0.2, 0.25) is 0 Å². The molecule has 0 amide bonds. The van der Waals surface area contributed by atoms with Gasteiger partial charge in [-0.25, -0.2) is 8.42 Å². The number of rotatable bonds is 3. The Balaban J connectivity index is 2.02. The third kappa shape index (κ3) is 2.95. The van der Waals surface area contributed by atoms with Crippen molar-refractivity contribution in [2.45, 2.75) is 25.4 Å². The fourth-order valence-corrected chi connectivity index (χ4v) is 4.17. The molecule has 0 spiro atoms. The first-order valence-corrected chi connectivity index (χ1v) is 7.37. The molecule has 1 fully saturated rings. The quantitative estimate of drug-likeness (QED) is 0.813. The number of nitrogens with zero attached hydrogens (tertiary/aromatic N) is 1. The zero-order valence-electron chi connectivity index (χ0n) is 9.81. The Kier molecular flexibility index (Phi) is 3.09. The maximum atomic E-state index is 11.4. The van der Waals surface area contributed by atoms with Crippen LogP contribution in [0.3, 0.4) is 0 Å². The van der Waals surface area contributed by atoms with Gasteiger partial charge in [0.25, 0.3) is 0 Å². The lowest BCUT2D eigenvalue weighted by Crippen LogP contribution is -2.43. The van der Waals surface area contributed by atoms with E-state index in [-0.39, 0.29) is 17.0 Å². The van der Waals surface area contributed by atoms with Crippen molar-refractivity contribution in [2.24, 2.45) is 0 Å². The van der Waals surface area contributed by atoms with E-state index in [1.54, 1.807) is 18.3 Å². The summed E-state index contributed by atoms with van der Waals surface area (Å²) in [4.78, 5) is 4.17. The lowest BCUT2D eigenvalue weighted by Gasteiger charge is -2.23. The topological polar surface area (TPSA) is 85.1 Å². The van der Waals surface area contributed by atoms with E-state index >= 15 is 0 Å². The zero-order valence-corrected chi connectivity index (χ0v) is 10.6. The molecule has 0 saturated carbocycles. The normalized spacial score (nSPS) is 27.1. The number of nitrogens with one attached hydrogen (secondary N) is 1. The average Bonchev–Trinajstić information content (AvgIpc) is 2.53. The fourth-order valence-electron chi connectivity index (χ4n) is 2.05. The number of anilines is 1. The Hall–Kier alpha value is -1.14. The highest BCUT2D eigenvalue weighted by Gasteiger charge is 2.37. The Morgan fingerprint density at radius 2 is 2.35 bits per heavy atom. The first kappa shape index (κ1) is 12.3. The van der Waals surface area contributed by atoms with E-state index in [1.807, 2.05) is 6.92 Å². The largest absolute Gasteiger partial charge is 0.397 e. The van der Waals surface area contributed by atoms with Crippen LogP contribution in [0.5, 0.6) is 0 Å². The Labute approximate surface area is 101 Å². The van der Waals surface area contributed by atoms with Crippen LogP contribution < -0.4 is 11.1 Å². The fraction of sp³-hybridized carbons (Fsp3) is 0.545. The predicted molar refractivity (Wildman–Crippen MR) is 67.2 cm³/mol. The summed E-state index contributed by atoms with van der Waals surface area (Å²) in [6, 6.07) is 3.57. The van der Waals surface area contributed by atoms with Crippen LogP contribution in [0.4, 0.5) is 5.69 Å². The van der Waals surface area contributed by atoms with Crippen LogP contribution in [-0.4, -0.2) is 30.4 Å². The standard InChI is InChI=1S/C11H17N3O2S/c1-11(4-6-17(15,16)8-11)14-7-10-9(12)3-2-5-13-10/h2-3,5,14H,4,6-8,12H2,1H3. The molecular formula is C11H17N3O2S. The van der Waals surface area contributed by atoms with Gasteiger partial charge in [0, 0.05) is 18.3 Å². The Morgan fingerprint density at radius 3 is 2.94 bits per heavy atom. The Morgan fingerprint density at radius 1 is 1.59 bits per heavy atom. The van der Waals surface area contributed by atoms with Crippen LogP contribution in [0.2, 0.25) is 0 Å². The van der Waals surface area contributed by atoms with Crippen LogP contribution in [0, 0.1) is 0 Å². The molecule has 2 rings (SSSR count). The van der Waals surface area contributed by atoms with Gasteiger partial charge >= 0.3 is 0 Å². The summed E-state index contributed by atoms with van der Waals surface area (Å²) in [5.41, 5.74) is 6.81. The summed E-state index contributed by atoms with van der Waals surface area (Å²) in [6.45, 7) is 2.43.